The SMILES string of the molecule is CCCCC(C)c1ccccc1-c1cc(Br)cs1. The highest BCUT2D eigenvalue weighted by molar-refractivity contribution is 9.10. The van der Waals surface area contributed by atoms with Crippen LogP contribution in [0.25, 0.3) is 10.4 Å². The van der Waals surface area contributed by atoms with Crippen LogP contribution in [-0.4, -0.2) is 0 Å². The molecule has 0 spiro atoms. The molecule has 1 heterocycles. The average Bonchev–Trinajstić information content (AvgIpc) is 2.82. The molecular formula is C16H19BrS. The first-order valence-electron chi connectivity index (χ1n) is 6.55. The van der Waals surface area contributed by atoms with Crippen molar-refractivity contribution in [2.45, 2.75) is 39.0 Å². The molecule has 0 saturated carbocycles. The van der Waals surface area contributed by atoms with Crippen molar-refractivity contribution >= 4 is 27.3 Å². The molecule has 1 unspecified atom stereocenters. The molecule has 1 aromatic carbocycles. The van der Waals surface area contributed by atoms with Gasteiger partial charge >= 0.3 is 0 Å². The fourth-order valence-electron chi connectivity index (χ4n) is 2.27. The van der Waals surface area contributed by atoms with E-state index in [0.29, 0.717) is 5.92 Å². The highest BCUT2D eigenvalue weighted by atomic mass is 79.9. The van der Waals surface area contributed by atoms with Gasteiger partial charge in [-0.1, -0.05) is 51.0 Å². The lowest BCUT2D eigenvalue weighted by Gasteiger charge is -2.15. The number of unbranched alkanes of at least 4 members (excludes halogenated alkanes) is 1. The van der Waals surface area contributed by atoms with E-state index in [1.165, 1.54) is 39.7 Å². The van der Waals surface area contributed by atoms with Gasteiger partial charge in [-0.2, -0.15) is 0 Å². The highest BCUT2D eigenvalue weighted by Gasteiger charge is 2.12. The average molecular weight is 323 g/mol. The van der Waals surface area contributed by atoms with Crippen molar-refractivity contribution < 1.29 is 0 Å². The lowest BCUT2D eigenvalue weighted by molar-refractivity contribution is 0.625. The van der Waals surface area contributed by atoms with E-state index >= 15 is 0 Å². The number of benzene rings is 1. The Hall–Kier alpha value is -0.600. The van der Waals surface area contributed by atoms with E-state index in [-0.39, 0.29) is 0 Å². The molecule has 18 heavy (non-hydrogen) atoms. The third kappa shape index (κ3) is 3.24. The van der Waals surface area contributed by atoms with E-state index in [2.05, 4.69) is 65.5 Å². The van der Waals surface area contributed by atoms with Crippen LogP contribution in [0.3, 0.4) is 0 Å². The van der Waals surface area contributed by atoms with E-state index in [1.807, 2.05) is 11.3 Å². The third-order valence-corrected chi connectivity index (χ3v) is 5.04. The first-order chi connectivity index (χ1) is 8.72. The van der Waals surface area contributed by atoms with Gasteiger partial charge in [0.25, 0.3) is 0 Å². The Morgan fingerprint density at radius 2 is 2.06 bits per heavy atom. The second-order valence-corrected chi connectivity index (χ2v) is 6.59. The topological polar surface area (TPSA) is 0 Å². The highest BCUT2D eigenvalue weighted by Crippen LogP contribution is 2.36. The molecule has 0 aliphatic carbocycles. The fraction of sp³-hybridized carbons (Fsp3) is 0.375. The summed E-state index contributed by atoms with van der Waals surface area (Å²) in [7, 11) is 0. The quantitative estimate of drug-likeness (QED) is 0.591. The minimum absolute atomic E-state index is 0.641. The maximum absolute atomic E-state index is 3.54. The Morgan fingerprint density at radius 3 is 2.72 bits per heavy atom. The predicted octanol–water partition coefficient (Wildman–Crippen LogP) is 6.47. The summed E-state index contributed by atoms with van der Waals surface area (Å²) in [6.07, 6.45) is 3.86. The molecule has 0 N–H and O–H groups in total. The second kappa shape index (κ2) is 6.53. The van der Waals surface area contributed by atoms with Gasteiger partial charge in [0, 0.05) is 14.7 Å². The molecule has 0 bridgehead atoms. The molecule has 96 valence electrons. The summed E-state index contributed by atoms with van der Waals surface area (Å²) in [5.41, 5.74) is 2.89. The first kappa shape index (κ1) is 13.8. The lowest BCUT2D eigenvalue weighted by atomic mass is 9.91. The maximum atomic E-state index is 3.54. The Bertz CT molecular complexity index is 501. The van der Waals surface area contributed by atoms with E-state index in [9.17, 15) is 0 Å². The molecule has 2 aromatic rings. The van der Waals surface area contributed by atoms with Crippen LogP contribution in [0.2, 0.25) is 0 Å². The van der Waals surface area contributed by atoms with Gasteiger partial charge in [-0.15, -0.1) is 11.3 Å². The molecule has 0 radical (unpaired) electrons. The van der Waals surface area contributed by atoms with Crippen molar-refractivity contribution in [2.75, 3.05) is 0 Å². The molecule has 0 aliphatic rings. The van der Waals surface area contributed by atoms with Crippen LogP contribution < -0.4 is 0 Å². The smallest absolute Gasteiger partial charge is 0.0357 e. The summed E-state index contributed by atoms with van der Waals surface area (Å²) in [6, 6.07) is 11.0. The van der Waals surface area contributed by atoms with Crippen LogP contribution in [0.4, 0.5) is 0 Å². The zero-order valence-corrected chi connectivity index (χ0v) is 13.4. The van der Waals surface area contributed by atoms with Crippen LogP contribution in [0, 0.1) is 0 Å². The van der Waals surface area contributed by atoms with Crippen LogP contribution in [0.15, 0.2) is 40.2 Å². The molecule has 0 amide bonds. The Morgan fingerprint density at radius 1 is 1.28 bits per heavy atom. The van der Waals surface area contributed by atoms with Gasteiger partial charge in [-0.3, -0.25) is 0 Å². The minimum Gasteiger partial charge on any atom is -0.143 e. The summed E-state index contributed by atoms with van der Waals surface area (Å²) in [6.45, 7) is 4.60. The minimum atomic E-state index is 0.641. The summed E-state index contributed by atoms with van der Waals surface area (Å²) in [5.74, 6) is 0.641. The maximum Gasteiger partial charge on any atom is 0.0357 e. The van der Waals surface area contributed by atoms with Gasteiger partial charge in [0.1, 0.15) is 0 Å². The zero-order chi connectivity index (χ0) is 13.0. The van der Waals surface area contributed by atoms with E-state index in [0.717, 1.165) is 0 Å². The standard InChI is InChI=1S/C16H19BrS/c1-3-4-7-12(2)14-8-5-6-9-15(14)16-10-13(17)11-18-16/h5-6,8-12H,3-4,7H2,1-2H3. The van der Waals surface area contributed by atoms with E-state index < -0.39 is 0 Å². The van der Waals surface area contributed by atoms with Crippen molar-refractivity contribution in [1.29, 1.82) is 0 Å². The van der Waals surface area contributed by atoms with Crippen molar-refractivity contribution in [3.05, 3.63) is 45.7 Å². The van der Waals surface area contributed by atoms with Crippen molar-refractivity contribution in [1.82, 2.24) is 0 Å². The molecule has 0 fully saturated rings. The third-order valence-electron chi connectivity index (χ3n) is 3.32. The lowest BCUT2D eigenvalue weighted by Crippen LogP contribution is -1.95. The van der Waals surface area contributed by atoms with Crippen molar-refractivity contribution in [2.24, 2.45) is 0 Å². The molecule has 0 saturated heterocycles. The number of hydrogen-bond donors (Lipinski definition) is 0. The first-order valence-corrected chi connectivity index (χ1v) is 8.23. The van der Waals surface area contributed by atoms with Gasteiger partial charge in [0.15, 0.2) is 0 Å². The van der Waals surface area contributed by atoms with Crippen molar-refractivity contribution in [3.8, 4) is 10.4 Å². The summed E-state index contributed by atoms with van der Waals surface area (Å²) in [4.78, 5) is 1.36. The van der Waals surface area contributed by atoms with Gasteiger partial charge in [-0.05, 0) is 45.5 Å². The molecule has 0 aliphatic heterocycles. The van der Waals surface area contributed by atoms with Gasteiger partial charge in [-0.25, -0.2) is 0 Å². The zero-order valence-electron chi connectivity index (χ0n) is 10.9. The molecule has 1 aromatic heterocycles. The number of halogens is 1. The van der Waals surface area contributed by atoms with Gasteiger partial charge < -0.3 is 0 Å². The van der Waals surface area contributed by atoms with Crippen LogP contribution in [-0.2, 0) is 0 Å². The molecule has 2 rings (SSSR count). The molecule has 2 heteroatoms. The molecular weight excluding hydrogens is 304 g/mol. The Kier molecular flexibility index (Phi) is 5.02. The van der Waals surface area contributed by atoms with Gasteiger partial charge in [0.2, 0.25) is 0 Å². The van der Waals surface area contributed by atoms with Crippen molar-refractivity contribution in [3.63, 3.8) is 0 Å². The molecule has 0 nitrogen and oxygen atoms in total. The largest absolute Gasteiger partial charge is 0.143 e. The number of thiophene rings is 1. The van der Waals surface area contributed by atoms with Crippen LogP contribution >= 0.6 is 27.3 Å². The van der Waals surface area contributed by atoms with E-state index in [4.69, 9.17) is 0 Å². The summed E-state index contributed by atoms with van der Waals surface area (Å²) >= 11 is 5.35. The predicted molar refractivity (Wildman–Crippen MR) is 85.4 cm³/mol. The fourth-order valence-corrected chi connectivity index (χ4v) is 3.75. The normalized spacial score (nSPS) is 12.6. The monoisotopic (exact) mass is 322 g/mol. The van der Waals surface area contributed by atoms with E-state index in [1.54, 1.807) is 0 Å². The molecule has 1 atom stereocenters. The second-order valence-electron chi connectivity index (χ2n) is 4.76. The van der Waals surface area contributed by atoms with Gasteiger partial charge in [0.05, 0.1) is 0 Å². The Labute approximate surface area is 122 Å². The number of rotatable bonds is 5. The number of hydrogen-bond acceptors (Lipinski definition) is 1. The summed E-state index contributed by atoms with van der Waals surface area (Å²) < 4.78 is 1.18. The van der Waals surface area contributed by atoms with Crippen LogP contribution in [0.1, 0.15) is 44.6 Å². The van der Waals surface area contributed by atoms with Crippen LogP contribution in [0.5, 0.6) is 0 Å². The summed E-state index contributed by atoms with van der Waals surface area (Å²) in [5, 5.41) is 2.16. The Balaban J connectivity index is 2.30.